The van der Waals surface area contributed by atoms with Crippen molar-refractivity contribution < 1.29 is 37.3 Å². The first-order valence-electron chi connectivity index (χ1n) is 20.8. The molecular weight excluding hydrogens is 697 g/mol. The zero-order valence-electron chi connectivity index (χ0n) is 34.9. The molecule has 0 aromatic rings. The number of carbonyl (C=O) groups is 1. The van der Waals surface area contributed by atoms with E-state index in [1.807, 2.05) is 21.1 Å². The third-order valence-corrected chi connectivity index (χ3v) is 9.16. The van der Waals surface area contributed by atoms with Crippen molar-refractivity contribution in [1.82, 2.24) is 0 Å². The minimum atomic E-state index is -4.29. The lowest BCUT2D eigenvalue weighted by Crippen LogP contribution is -2.37. The summed E-state index contributed by atoms with van der Waals surface area (Å²) < 4.78 is 34.8. The molecular formula is C45H79NO7P+. The number of unbranched alkanes of at least 4 members (excludes halogenated alkanes) is 9. The number of rotatable bonds is 37. The number of hydrogen-bond acceptors (Lipinski definition) is 6. The maximum absolute atomic E-state index is 12.7. The number of likely N-dealkylation sites (N-methyl/N-ethyl adjacent to an activating group) is 1. The van der Waals surface area contributed by atoms with Crippen LogP contribution in [0, 0.1) is 0 Å². The minimum absolute atomic E-state index is 0.0740. The van der Waals surface area contributed by atoms with Gasteiger partial charge in [0.15, 0.2) is 0 Å². The molecule has 0 rings (SSSR count). The van der Waals surface area contributed by atoms with Crippen molar-refractivity contribution in [2.75, 3.05) is 54.1 Å². The third-order valence-electron chi connectivity index (χ3n) is 8.17. The van der Waals surface area contributed by atoms with Gasteiger partial charge in [0.25, 0.3) is 0 Å². The van der Waals surface area contributed by atoms with E-state index in [2.05, 4.69) is 98.9 Å². The van der Waals surface area contributed by atoms with Gasteiger partial charge in [-0.15, -0.1) is 0 Å². The average molecular weight is 777 g/mol. The Kier molecular flexibility index (Phi) is 36.0. The van der Waals surface area contributed by atoms with Gasteiger partial charge < -0.3 is 18.9 Å². The van der Waals surface area contributed by atoms with Gasteiger partial charge in [-0.1, -0.05) is 131 Å². The summed E-state index contributed by atoms with van der Waals surface area (Å²) in [4.78, 5) is 22.8. The highest BCUT2D eigenvalue weighted by Crippen LogP contribution is 2.43. The minimum Gasteiger partial charge on any atom is -0.457 e. The van der Waals surface area contributed by atoms with E-state index in [4.69, 9.17) is 18.5 Å². The molecule has 0 aromatic heterocycles. The normalized spacial score (nSPS) is 14.7. The summed E-state index contributed by atoms with van der Waals surface area (Å²) in [5.41, 5.74) is 0. The van der Waals surface area contributed by atoms with Gasteiger partial charge in [-0.05, 0) is 83.5 Å². The molecule has 0 aliphatic carbocycles. The highest BCUT2D eigenvalue weighted by Gasteiger charge is 2.26. The number of allylic oxidation sites excluding steroid dienone is 14. The maximum Gasteiger partial charge on any atom is 0.472 e. The second-order valence-corrected chi connectivity index (χ2v) is 16.1. The molecule has 0 aliphatic rings. The topological polar surface area (TPSA) is 91.3 Å². The van der Waals surface area contributed by atoms with Crippen LogP contribution in [0.2, 0.25) is 0 Å². The Morgan fingerprint density at radius 3 is 1.63 bits per heavy atom. The number of phosphoric ester groups is 1. The summed E-state index contributed by atoms with van der Waals surface area (Å²) in [6.45, 7) is 5.34. The van der Waals surface area contributed by atoms with Gasteiger partial charge in [0.2, 0.25) is 0 Å². The lowest BCUT2D eigenvalue weighted by Gasteiger charge is -2.24. The van der Waals surface area contributed by atoms with Crippen molar-refractivity contribution in [3.8, 4) is 0 Å². The maximum atomic E-state index is 12.7. The van der Waals surface area contributed by atoms with Crippen LogP contribution in [0.5, 0.6) is 0 Å². The molecule has 0 aliphatic heterocycles. The smallest absolute Gasteiger partial charge is 0.457 e. The van der Waals surface area contributed by atoms with Crippen molar-refractivity contribution in [3.63, 3.8) is 0 Å². The molecule has 2 atom stereocenters. The highest BCUT2D eigenvalue weighted by molar-refractivity contribution is 7.47. The predicted octanol–water partition coefficient (Wildman–Crippen LogP) is 12.1. The molecule has 0 saturated heterocycles. The van der Waals surface area contributed by atoms with E-state index in [0.29, 0.717) is 24.1 Å². The number of esters is 1. The molecule has 0 heterocycles. The van der Waals surface area contributed by atoms with E-state index in [1.54, 1.807) is 0 Å². The van der Waals surface area contributed by atoms with Crippen LogP contribution in [0.4, 0.5) is 0 Å². The average Bonchev–Trinajstić information content (AvgIpc) is 3.12. The van der Waals surface area contributed by atoms with Gasteiger partial charge in [-0.3, -0.25) is 13.8 Å². The van der Waals surface area contributed by atoms with Gasteiger partial charge in [0.05, 0.1) is 34.4 Å². The second kappa shape index (κ2) is 37.6. The van der Waals surface area contributed by atoms with Crippen LogP contribution >= 0.6 is 7.82 Å². The highest BCUT2D eigenvalue weighted by atomic mass is 31.2. The number of hydrogen-bond donors (Lipinski definition) is 1. The van der Waals surface area contributed by atoms with Gasteiger partial charge >= 0.3 is 13.8 Å². The monoisotopic (exact) mass is 777 g/mol. The molecule has 310 valence electrons. The van der Waals surface area contributed by atoms with Crippen molar-refractivity contribution in [2.45, 2.75) is 142 Å². The van der Waals surface area contributed by atoms with Gasteiger partial charge in [-0.25, -0.2) is 4.57 Å². The Morgan fingerprint density at radius 1 is 0.593 bits per heavy atom. The Morgan fingerprint density at radius 2 is 1.07 bits per heavy atom. The van der Waals surface area contributed by atoms with Crippen LogP contribution in [-0.4, -0.2) is 75.6 Å². The van der Waals surface area contributed by atoms with E-state index in [-0.39, 0.29) is 32.2 Å². The van der Waals surface area contributed by atoms with Gasteiger partial charge in [0, 0.05) is 13.0 Å². The first-order valence-corrected chi connectivity index (χ1v) is 22.3. The van der Waals surface area contributed by atoms with Crippen molar-refractivity contribution in [1.29, 1.82) is 0 Å². The first-order chi connectivity index (χ1) is 26.1. The molecule has 9 heteroatoms. The number of phosphoric acid groups is 1. The fourth-order valence-electron chi connectivity index (χ4n) is 4.97. The molecule has 0 bridgehead atoms. The van der Waals surface area contributed by atoms with E-state index in [9.17, 15) is 14.3 Å². The Labute approximate surface area is 331 Å². The summed E-state index contributed by atoms with van der Waals surface area (Å²) >= 11 is 0. The number of ether oxygens (including phenoxy) is 2. The van der Waals surface area contributed by atoms with Crippen molar-refractivity contribution >= 4 is 13.8 Å². The molecule has 0 fully saturated rings. The van der Waals surface area contributed by atoms with Crippen LogP contribution in [0.15, 0.2) is 85.1 Å². The molecule has 1 N–H and O–H groups in total. The molecule has 0 spiro atoms. The molecule has 0 radical (unpaired) electrons. The quantitative estimate of drug-likeness (QED) is 0.0221. The van der Waals surface area contributed by atoms with Crippen molar-refractivity contribution in [2.24, 2.45) is 0 Å². The molecule has 8 nitrogen and oxygen atoms in total. The largest absolute Gasteiger partial charge is 0.472 e. The summed E-state index contributed by atoms with van der Waals surface area (Å²) in [6, 6.07) is 0. The first kappa shape index (κ1) is 51.7. The molecule has 0 amide bonds. The summed E-state index contributed by atoms with van der Waals surface area (Å²) in [5, 5.41) is 0. The third kappa shape index (κ3) is 40.9. The Balaban J connectivity index is 4.36. The zero-order chi connectivity index (χ0) is 39.9. The van der Waals surface area contributed by atoms with E-state index < -0.39 is 13.9 Å². The van der Waals surface area contributed by atoms with E-state index in [1.165, 1.54) is 38.5 Å². The lowest BCUT2D eigenvalue weighted by molar-refractivity contribution is -0.870. The Bertz CT molecular complexity index is 1130. The van der Waals surface area contributed by atoms with E-state index in [0.717, 1.165) is 70.6 Å². The second-order valence-electron chi connectivity index (χ2n) is 14.6. The Hall–Kier alpha value is -2.32. The number of carbonyl (C=O) groups excluding carboxylic acids is 1. The number of nitrogens with zero attached hydrogens (tertiary/aromatic N) is 1. The summed E-state index contributed by atoms with van der Waals surface area (Å²) in [6.07, 6.45) is 49.1. The van der Waals surface area contributed by atoms with Gasteiger partial charge in [-0.2, -0.15) is 0 Å². The SMILES string of the molecule is CC/C=C\C/C=C\C/C=C\C/C=C\C/C=C\C/C=C\CCCCC(=O)OC(COCCCCCCCC/C=C\CCC)COP(=O)(O)OCC[N+](C)(C)C. The predicted molar refractivity (Wildman–Crippen MR) is 228 cm³/mol. The van der Waals surface area contributed by atoms with Crippen LogP contribution in [0.1, 0.15) is 136 Å². The lowest BCUT2D eigenvalue weighted by atomic mass is 10.1. The van der Waals surface area contributed by atoms with Gasteiger partial charge in [0.1, 0.15) is 19.3 Å². The standard InChI is InChI=1S/C45H78NO7P/c1-6-8-10-12-14-16-18-19-20-21-22-23-24-25-26-27-28-30-32-34-36-38-45(47)53-44(43-52-54(48,49)51-41-39-46(3,4)5)42-50-40-37-35-33-31-29-17-15-13-11-9-7-2/h8,10-11,13-14,16,19-20,22-23,25-26,28,30,44H,6-7,9,12,15,17-18,21,24,27,29,31-43H2,1-5H3/p+1/b10-8-,13-11-,16-14-,20-19-,23-22-,26-25-,30-28-. The zero-order valence-corrected chi connectivity index (χ0v) is 35.8. The molecule has 0 saturated carbocycles. The van der Waals surface area contributed by atoms with Crippen LogP contribution in [0.3, 0.4) is 0 Å². The van der Waals surface area contributed by atoms with Crippen molar-refractivity contribution in [3.05, 3.63) is 85.1 Å². The number of quaternary nitrogens is 1. The molecule has 2 unspecified atom stereocenters. The van der Waals surface area contributed by atoms with E-state index >= 15 is 0 Å². The van der Waals surface area contributed by atoms with Crippen LogP contribution in [0.25, 0.3) is 0 Å². The fraction of sp³-hybridized carbons (Fsp3) is 0.667. The molecule has 0 aromatic carbocycles. The van der Waals surface area contributed by atoms with Crippen LogP contribution in [-0.2, 0) is 27.9 Å². The van der Waals surface area contributed by atoms with Crippen LogP contribution < -0.4 is 0 Å². The fourth-order valence-corrected chi connectivity index (χ4v) is 5.71. The molecule has 54 heavy (non-hydrogen) atoms. The summed E-state index contributed by atoms with van der Waals surface area (Å²) in [5.74, 6) is -0.363. The summed E-state index contributed by atoms with van der Waals surface area (Å²) in [7, 11) is 1.62.